The highest BCUT2D eigenvalue weighted by Gasteiger charge is 2.33. The maximum atomic E-state index is 11.8. The lowest BCUT2D eigenvalue weighted by Gasteiger charge is -2.27. The molecule has 0 aliphatic heterocycles. The highest BCUT2D eigenvalue weighted by Crippen LogP contribution is 2.39. The summed E-state index contributed by atoms with van der Waals surface area (Å²) in [6, 6.07) is -1.75. The number of nitrogens with one attached hydrogen (secondary N) is 2. The Balaban J connectivity index is 2.42. The maximum Gasteiger partial charge on any atom is 0.326 e. The van der Waals surface area contributed by atoms with Crippen LogP contribution >= 0.6 is 11.8 Å². The lowest BCUT2D eigenvalue weighted by molar-refractivity contribution is -0.140. The Morgan fingerprint density at radius 3 is 2.33 bits per heavy atom. The fourth-order valence-electron chi connectivity index (χ4n) is 2.45. The van der Waals surface area contributed by atoms with Gasteiger partial charge in [-0.05, 0) is 25.5 Å². The van der Waals surface area contributed by atoms with Crippen molar-refractivity contribution >= 4 is 29.7 Å². The molecule has 120 valence electrons. The van der Waals surface area contributed by atoms with Gasteiger partial charge in [-0.15, -0.1) is 0 Å². The summed E-state index contributed by atoms with van der Waals surface area (Å²) in [7, 11) is 0. The minimum atomic E-state index is -1.23. The number of hydrogen-bond acceptors (Lipinski definition) is 4. The normalized spacial score (nSPS) is 18.0. The van der Waals surface area contributed by atoms with Gasteiger partial charge in [0.05, 0.1) is 0 Å². The molecule has 1 aliphatic carbocycles. The summed E-state index contributed by atoms with van der Waals surface area (Å²) in [6.45, 7) is 0.491. The third-order valence-electron chi connectivity index (χ3n) is 3.77. The summed E-state index contributed by atoms with van der Waals surface area (Å²) in [5, 5.41) is 22.6. The van der Waals surface area contributed by atoms with E-state index in [4.69, 9.17) is 10.2 Å². The quantitative estimate of drug-likeness (QED) is 0.536. The van der Waals surface area contributed by atoms with E-state index in [1.807, 2.05) is 6.26 Å². The number of urea groups is 1. The molecule has 1 atom stereocenters. The smallest absolute Gasteiger partial charge is 0.326 e. The van der Waals surface area contributed by atoms with Crippen molar-refractivity contribution in [1.29, 1.82) is 0 Å². The fraction of sp³-hybridized carbons (Fsp3) is 0.769. The molecular formula is C13H22N2O5S. The number of hydrogen-bond donors (Lipinski definition) is 4. The number of amides is 2. The third-order valence-corrected chi connectivity index (χ3v) is 5.19. The van der Waals surface area contributed by atoms with Crippen molar-refractivity contribution in [3.63, 3.8) is 0 Å². The summed E-state index contributed by atoms with van der Waals surface area (Å²) in [6.07, 6.45) is 5.93. The van der Waals surface area contributed by atoms with E-state index in [9.17, 15) is 14.4 Å². The average molecular weight is 318 g/mol. The topological polar surface area (TPSA) is 116 Å². The number of carbonyl (C=O) groups is 3. The van der Waals surface area contributed by atoms with Gasteiger partial charge < -0.3 is 20.8 Å². The van der Waals surface area contributed by atoms with Crippen LogP contribution in [0.5, 0.6) is 0 Å². The van der Waals surface area contributed by atoms with Gasteiger partial charge in [-0.1, -0.05) is 12.8 Å². The Bertz CT molecular complexity index is 396. The zero-order valence-electron chi connectivity index (χ0n) is 12.1. The summed E-state index contributed by atoms with van der Waals surface area (Å²) in [4.78, 5) is 33.2. The van der Waals surface area contributed by atoms with Crippen molar-refractivity contribution in [2.75, 3.05) is 12.8 Å². The number of carboxylic acids is 2. The summed E-state index contributed by atoms with van der Waals surface area (Å²) >= 11 is 1.72. The van der Waals surface area contributed by atoms with Gasteiger partial charge in [0.1, 0.15) is 6.04 Å². The lowest BCUT2D eigenvalue weighted by Crippen LogP contribution is -2.49. The van der Waals surface area contributed by atoms with E-state index in [1.54, 1.807) is 11.8 Å². The van der Waals surface area contributed by atoms with Crippen LogP contribution in [-0.2, 0) is 9.59 Å². The van der Waals surface area contributed by atoms with Gasteiger partial charge in [0.2, 0.25) is 0 Å². The Morgan fingerprint density at radius 2 is 1.86 bits per heavy atom. The van der Waals surface area contributed by atoms with Crippen LogP contribution < -0.4 is 10.6 Å². The van der Waals surface area contributed by atoms with E-state index >= 15 is 0 Å². The molecule has 1 fully saturated rings. The summed E-state index contributed by atoms with van der Waals surface area (Å²) < 4.78 is 0.0388. The summed E-state index contributed by atoms with van der Waals surface area (Å²) in [5.74, 6) is -2.32. The van der Waals surface area contributed by atoms with E-state index in [1.165, 1.54) is 0 Å². The number of aliphatic carboxylic acids is 2. The first kappa shape index (κ1) is 17.6. The molecule has 0 bridgehead atoms. The van der Waals surface area contributed by atoms with E-state index in [0.717, 1.165) is 25.7 Å². The molecule has 1 saturated carbocycles. The second-order valence-corrected chi connectivity index (χ2v) is 6.52. The zero-order chi connectivity index (χ0) is 15.9. The number of thioether (sulfide) groups is 1. The van der Waals surface area contributed by atoms with Crippen molar-refractivity contribution in [1.82, 2.24) is 10.6 Å². The van der Waals surface area contributed by atoms with Gasteiger partial charge >= 0.3 is 18.0 Å². The van der Waals surface area contributed by atoms with Crippen LogP contribution in [-0.4, -0.2) is 51.8 Å². The molecule has 4 N–H and O–H groups in total. The molecule has 0 heterocycles. The molecule has 1 aliphatic rings. The van der Waals surface area contributed by atoms with Gasteiger partial charge in [0.15, 0.2) is 0 Å². The van der Waals surface area contributed by atoms with E-state index in [-0.39, 0.29) is 17.6 Å². The highest BCUT2D eigenvalue weighted by molar-refractivity contribution is 8.00. The molecule has 8 heteroatoms. The lowest BCUT2D eigenvalue weighted by atomic mass is 10.1. The Morgan fingerprint density at radius 1 is 1.24 bits per heavy atom. The predicted octanol–water partition coefficient (Wildman–Crippen LogP) is 1.28. The minimum Gasteiger partial charge on any atom is -0.481 e. The molecule has 0 saturated heterocycles. The van der Waals surface area contributed by atoms with Gasteiger partial charge in [-0.2, -0.15) is 11.8 Å². The first-order valence-electron chi connectivity index (χ1n) is 6.93. The largest absolute Gasteiger partial charge is 0.481 e. The molecule has 0 aromatic heterocycles. The van der Waals surface area contributed by atoms with E-state index in [2.05, 4.69) is 10.6 Å². The molecule has 0 radical (unpaired) electrons. The molecule has 0 aromatic carbocycles. The van der Waals surface area contributed by atoms with Gasteiger partial charge in [-0.25, -0.2) is 9.59 Å². The van der Waals surface area contributed by atoms with Crippen LogP contribution in [0.25, 0.3) is 0 Å². The van der Waals surface area contributed by atoms with Crippen LogP contribution in [0.4, 0.5) is 4.79 Å². The predicted molar refractivity (Wildman–Crippen MR) is 79.5 cm³/mol. The Kier molecular flexibility index (Phi) is 6.80. The molecule has 7 nitrogen and oxygen atoms in total. The molecule has 21 heavy (non-hydrogen) atoms. The maximum absolute atomic E-state index is 11.8. The van der Waals surface area contributed by atoms with Crippen LogP contribution in [0.2, 0.25) is 0 Å². The van der Waals surface area contributed by atoms with Crippen LogP contribution in [0.3, 0.4) is 0 Å². The third kappa shape index (κ3) is 5.82. The fourth-order valence-corrected chi connectivity index (χ4v) is 3.36. The van der Waals surface area contributed by atoms with Crippen molar-refractivity contribution < 1.29 is 24.6 Å². The van der Waals surface area contributed by atoms with Crippen LogP contribution in [0, 0.1) is 0 Å². The van der Waals surface area contributed by atoms with E-state index in [0.29, 0.717) is 6.54 Å². The molecule has 0 spiro atoms. The Labute approximate surface area is 127 Å². The standard InChI is InChI=1S/C13H22N2O5S/c1-21-13(6-2-3-7-13)8-14-12(20)15-9(11(18)19)4-5-10(16)17/h9H,2-8H2,1H3,(H,16,17)(H,18,19)(H2,14,15,20). The van der Waals surface area contributed by atoms with Crippen LogP contribution in [0.15, 0.2) is 0 Å². The van der Waals surface area contributed by atoms with Crippen molar-refractivity contribution in [2.24, 2.45) is 0 Å². The zero-order valence-corrected chi connectivity index (χ0v) is 12.9. The molecule has 1 rings (SSSR count). The van der Waals surface area contributed by atoms with Gasteiger partial charge in [-0.3, -0.25) is 4.79 Å². The number of rotatable bonds is 8. The number of carbonyl (C=O) groups excluding carboxylic acids is 1. The van der Waals surface area contributed by atoms with Crippen LogP contribution in [0.1, 0.15) is 38.5 Å². The molecule has 0 aromatic rings. The van der Waals surface area contributed by atoms with E-state index < -0.39 is 24.0 Å². The highest BCUT2D eigenvalue weighted by atomic mass is 32.2. The van der Waals surface area contributed by atoms with Gasteiger partial charge in [0.25, 0.3) is 0 Å². The monoisotopic (exact) mass is 318 g/mol. The van der Waals surface area contributed by atoms with Crippen molar-refractivity contribution in [3.05, 3.63) is 0 Å². The average Bonchev–Trinajstić information content (AvgIpc) is 2.90. The molecule has 1 unspecified atom stereocenters. The number of carboxylic acid groups (broad SMARTS) is 2. The Hall–Kier alpha value is -1.44. The van der Waals surface area contributed by atoms with Crippen molar-refractivity contribution in [3.8, 4) is 0 Å². The summed E-state index contributed by atoms with van der Waals surface area (Å²) in [5.41, 5.74) is 0. The SMILES string of the molecule is CSC1(CNC(=O)NC(CCC(=O)O)C(=O)O)CCCC1. The molecular weight excluding hydrogens is 296 g/mol. The molecule has 2 amide bonds. The first-order valence-corrected chi connectivity index (χ1v) is 8.15. The first-order chi connectivity index (χ1) is 9.88. The minimum absolute atomic E-state index is 0.0388. The second-order valence-electron chi connectivity index (χ2n) is 5.24. The second kappa shape index (κ2) is 8.11. The van der Waals surface area contributed by atoms with Gasteiger partial charge in [0, 0.05) is 17.7 Å². The van der Waals surface area contributed by atoms with Crippen molar-refractivity contribution in [2.45, 2.75) is 49.3 Å².